The van der Waals surface area contributed by atoms with Crippen molar-refractivity contribution in [3.8, 4) is 5.75 Å². The molecule has 5 heteroatoms. The number of carbonyl (C=O) groups is 1. The maximum atomic E-state index is 12.2. The van der Waals surface area contributed by atoms with Crippen LogP contribution in [-0.4, -0.2) is 13.0 Å². The number of carbonyl (C=O) groups excluding carboxylic acids is 1. The van der Waals surface area contributed by atoms with Crippen LogP contribution in [0.5, 0.6) is 5.75 Å². The fourth-order valence-corrected chi connectivity index (χ4v) is 2.21. The number of anilines is 1. The number of ether oxygens (including phenoxy) is 1. The van der Waals surface area contributed by atoms with Crippen molar-refractivity contribution in [3.05, 3.63) is 58.1 Å². The zero-order valence-electron chi connectivity index (χ0n) is 11.9. The number of amides is 1. The Labute approximate surface area is 132 Å². The molecule has 0 saturated carbocycles. The highest BCUT2D eigenvalue weighted by Gasteiger charge is 2.12. The van der Waals surface area contributed by atoms with Crippen molar-refractivity contribution in [2.24, 2.45) is 0 Å². The first-order valence-electron chi connectivity index (χ1n) is 6.51. The molecule has 0 aliphatic carbocycles. The molecule has 0 heterocycles. The Morgan fingerprint density at radius 2 is 2.05 bits per heavy atom. The Morgan fingerprint density at radius 3 is 2.71 bits per heavy atom. The van der Waals surface area contributed by atoms with Gasteiger partial charge in [0.05, 0.1) is 13.2 Å². The quantitative estimate of drug-likeness (QED) is 0.830. The molecule has 3 N–H and O–H groups in total. The second kappa shape index (κ2) is 6.63. The first kappa shape index (κ1) is 15.4. The van der Waals surface area contributed by atoms with E-state index < -0.39 is 0 Å². The van der Waals surface area contributed by atoms with E-state index in [-0.39, 0.29) is 11.9 Å². The number of benzene rings is 2. The number of hydrogen-bond acceptors (Lipinski definition) is 3. The number of nitrogens with two attached hydrogens (primary N) is 1. The van der Waals surface area contributed by atoms with E-state index in [1.54, 1.807) is 25.3 Å². The lowest BCUT2D eigenvalue weighted by atomic mass is 10.1. The molecule has 1 unspecified atom stereocenters. The molecule has 0 radical (unpaired) electrons. The maximum absolute atomic E-state index is 12.2. The third kappa shape index (κ3) is 3.76. The molecule has 2 aromatic carbocycles. The Kier molecular flexibility index (Phi) is 4.85. The van der Waals surface area contributed by atoms with Gasteiger partial charge in [0.25, 0.3) is 5.91 Å². The molecule has 0 aromatic heterocycles. The Balaban J connectivity index is 2.12. The van der Waals surface area contributed by atoms with Crippen LogP contribution in [0, 0.1) is 0 Å². The van der Waals surface area contributed by atoms with Gasteiger partial charge in [-0.2, -0.15) is 0 Å². The summed E-state index contributed by atoms with van der Waals surface area (Å²) in [5.41, 5.74) is 7.85. The molecular weight excluding hydrogens is 332 g/mol. The van der Waals surface area contributed by atoms with E-state index in [1.165, 1.54) is 0 Å². The molecule has 110 valence electrons. The zero-order chi connectivity index (χ0) is 15.4. The number of halogens is 1. The van der Waals surface area contributed by atoms with E-state index in [2.05, 4.69) is 21.2 Å². The maximum Gasteiger partial charge on any atom is 0.251 e. The van der Waals surface area contributed by atoms with Gasteiger partial charge in [-0.3, -0.25) is 4.79 Å². The molecule has 0 aliphatic rings. The van der Waals surface area contributed by atoms with E-state index in [4.69, 9.17) is 10.5 Å². The smallest absolute Gasteiger partial charge is 0.251 e. The summed E-state index contributed by atoms with van der Waals surface area (Å²) in [6.45, 7) is 1.93. The topological polar surface area (TPSA) is 64.3 Å². The average Bonchev–Trinajstić information content (AvgIpc) is 2.49. The van der Waals surface area contributed by atoms with Crippen molar-refractivity contribution >= 4 is 27.5 Å². The second-order valence-electron chi connectivity index (χ2n) is 4.71. The van der Waals surface area contributed by atoms with Crippen molar-refractivity contribution in [3.63, 3.8) is 0 Å². The number of methoxy groups -OCH3 is 1. The number of nitrogens with one attached hydrogen (secondary N) is 1. The molecule has 1 amide bonds. The first-order valence-corrected chi connectivity index (χ1v) is 7.30. The molecule has 0 bridgehead atoms. The third-order valence-electron chi connectivity index (χ3n) is 3.20. The van der Waals surface area contributed by atoms with Crippen molar-refractivity contribution in [2.45, 2.75) is 13.0 Å². The third-order valence-corrected chi connectivity index (χ3v) is 3.92. The van der Waals surface area contributed by atoms with Crippen LogP contribution in [-0.2, 0) is 0 Å². The highest BCUT2D eigenvalue weighted by molar-refractivity contribution is 9.10. The van der Waals surface area contributed by atoms with E-state index >= 15 is 0 Å². The first-order chi connectivity index (χ1) is 10.0. The van der Waals surface area contributed by atoms with Crippen LogP contribution in [0.1, 0.15) is 28.9 Å². The van der Waals surface area contributed by atoms with Gasteiger partial charge < -0.3 is 15.8 Å². The number of nitrogen functional groups attached to an aromatic ring is 1. The van der Waals surface area contributed by atoms with Gasteiger partial charge in [0, 0.05) is 15.7 Å². The van der Waals surface area contributed by atoms with Crippen molar-refractivity contribution in [2.75, 3.05) is 12.8 Å². The zero-order valence-corrected chi connectivity index (χ0v) is 13.5. The summed E-state index contributed by atoms with van der Waals surface area (Å²) in [4.78, 5) is 12.2. The lowest BCUT2D eigenvalue weighted by Gasteiger charge is -2.15. The summed E-state index contributed by atoms with van der Waals surface area (Å²) in [7, 11) is 1.62. The van der Waals surface area contributed by atoms with Crippen molar-refractivity contribution < 1.29 is 9.53 Å². The molecule has 2 rings (SSSR count). The van der Waals surface area contributed by atoms with E-state index in [1.807, 2.05) is 31.2 Å². The van der Waals surface area contributed by atoms with Gasteiger partial charge in [0.15, 0.2) is 0 Å². The fourth-order valence-electron chi connectivity index (χ4n) is 1.96. The van der Waals surface area contributed by atoms with Gasteiger partial charge in [-0.15, -0.1) is 0 Å². The highest BCUT2D eigenvalue weighted by atomic mass is 79.9. The van der Waals surface area contributed by atoms with E-state index in [0.717, 1.165) is 15.8 Å². The summed E-state index contributed by atoms with van der Waals surface area (Å²) < 4.78 is 5.97. The minimum atomic E-state index is -0.162. The molecule has 21 heavy (non-hydrogen) atoms. The monoisotopic (exact) mass is 348 g/mol. The lowest BCUT2D eigenvalue weighted by molar-refractivity contribution is 0.0940. The van der Waals surface area contributed by atoms with Crippen LogP contribution < -0.4 is 15.8 Å². The number of rotatable bonds is 4. The minimum Gasteiger partial charge on any atom is -0.497 e. The Hall–Kier alpha value is -2.01. The van der Waals surface area contributed by atoms with Gasteiger partial charge in [0.2, 0.25) is 0 Å². The van der Waals surface area contributed by atoms with Crippen LogP contribution in [0.15, 0.2) is 46.9 Å². The summed E-state index contributed by atoms with van der Waals surface area (Å²) in [6, 6.07) is 12.6. The Morgan fingerprint density at radius 1 is 1.29 bits per heavy atom. The molecule has 2 aromatic rings. The largest absolute Gasteiger partial charge is 0.497 e. The van der Waals surface area contributed by atoms with Crippen LogP contribution >= 0.6 is 15.9 Å². The molecule has 0 fully saturated rings. The second-order valence-corrected chi connectivity index (χ2v) is 5.56. The number of hydrogen-bond donors (Lipinski definition) is 2. The predicted molar refractivity (Wildman–Crippen MR) is 87.4 cm³/mol. The molecule has 0 saturated heterocycles. The SMILES string of the molecule is COc1cccc(C(C)NC(=O)c2ccc(Br)c(N)c2)c1. The summed E-state index contributed by atoms with van der Waals surface area (Å²) in [5.74, 6) is 0.603. The standard InChI is InChI=1S/C16H17BrN2O2/c1-10(11-4-3-5-13(8-11)21-2)19-16(20)12-6-7-14(17)15(18)9-12/h3-10H,18H2,1-2H3,(H,19,20). The van der Waals surface area contributed by atoms with E-state index in [0.29, 0.717) is 11.3 Å². The summed E-state index contributed by atoms with van der Waals surface area (Å²) in [5, 5.41) is 2.95. The van der Waals surface area contributed by atoms with Crippen LogP contribution in [0.4, 0.5) is 5.69 Å². The molecule has 1 atom stereocenters. The van der Waals surface area contributed by atoms with Crippen LogP contribution in [0.2, 0.25) is 0 Å². The Bertz CT molecular complexity index is 658. The molecule has 0 spiro atoms. The highest BCUT2D eigenvalue weighted by Crippen LogP contribution is 2.22. The van der Waals surface area contributed by atoms with Crippen molar-refractivity contribution in [1.82, 2.24) is 5.32 Å². The average molecular weight is 349 g/mol. The van der Waals surface area contributed by atoms with Crippen LogP contribution in [0.25, 0.3) is 0 Å². The normalized spacial score (nSPS) is 11.8. The summed E-state index contributed by atoms with van der Waals surface area (Å²) >= 11 is 3.31. The van der Waals surface area contributed by atoms with Crippen molar-refractivity contribution in [1.29, 1.82) is 0 Å². The van der Waals surface area contributed by atoms with E-state index in [9.17, 15) is 4.79 Å². The minimum absolute atomic E-state index is 0.127. The fraction of sp³-hybridized carbons (Fsp3) is 0.188. The van der Waals surface area contributed by atoms with Gasteiger partial charge in [0.1, 0.15) is 5.75 Å². The van der Waals surface area contributed by atoms with Gasteiger partial charge in [-0.25, -0.2) is 0 Å². The lowest BCUT2D eigenvalue weighted by Crippen LogP contribution is -2.26. The van der Waals surface area contributed by atoms with Gasteiger partial charge in [-0.1, -0.05) is 12.1 Å². The summed E-state index contributed by atoms with van der Waals surface area (Å²) in [6.07, 6.45) is 0. The molecular formula is C16H17BrN2O2. The predicted octanol–water partition coefficient (Wildman–Crippen LogP) is 3.53. The van der Waals surface area contributed by atoms with Gasteiger partial charge in [-0.05, 0) is 58.7 Å². The van der Waals surface area contributed by atoms with Crippen LogP contribution in [0.3, 0.4) is 0 Å². The molecule has 0 aliphatic heterocycles. The van der Waals surface area contributed by atoms with Gasteiger partial charge >= 0.3 is 0 Å². The molecule has 4 nitrogen and oxygen atoms in total.